The third-order valence-corrected chi connectivity index (χ3v) is 3.14. The second-order valence-corrected chi connectivity index (χ2v) is 4.39. The summed E-state index contributed by atoms with van der Waals surface area (Å²) in [7, 11) is 0. The molecular weight excluding hydrogens is 266 g/mol. The van der Waals surface area contributed by atoms with E-state index in [2.05, 4.69) is 5.32 Å². The van der Waals surface area contributed by atoms with Gasteiger partial charge < -0.3 is 15.3 Å². The number of urea groups is 1. The molecule has 1 heterocycles. The van der Waals surface area contributed by atoms with E-state index in [1.165, 1.54) is 23.1 Å². The average molecular weight is 279 g/mol. The smallest absolute Gasteiger partial charge is 0.326 e. The molecule has 0 spiro atoms. The summed E-state index contributed by atoms with van der Waals surface area (Å²) >= 11 is 0. The monoisotopic (exact) mass is 279 g/mol. The molecule has 0 aromatic heterocycles. The van der Waals surface area contributed by atoms with Crippen molar-refractivity contribution in [3.8, 4) is 0 Å². The van der Waals surface area contributed by atoms with Gasteiger partial charge >= 0.3 is 12.0 Å². The predicted octanol–water partition coefficient (Wildman–Crippen LogP) is 1.68. The maximum atomic E-state index is 12.0. The van der Waals surface area contributed by atoms with Gasteiger partial charge in [0.25, 0.3) is 5.69 Å². The lowest BCUT2D eigenvalue weighted by Crippen LogP contribution is -2.42. The van der Waals surface area contributed by atoms with E-state index in [-0.39, 0.29) is 11.4 Å². The Balaban J connectivity index is 2.16. The fourth-order valence-corrected chi connectivity index (χ4v) is 2.19. The molecule has 8 heteroatoms. The minimum atomic E-state index is -1.07. The van der Waals surface area contributed by atoms with Gasteiger partial charge in [0.1, 0.15) is 11.7 Å². The normalized spacial score (nSPS) is 17.8. The fourth-order valence-electron chi connectivity index (χ4n) is 2.19. The molecule has 1 fully saturated rings. The first-order chi connectivity index (χ1) is 9.50. The lowest BCUT2D eigenvalue weighted by atomic mass is 10.2. The summed E-state index contributed by atoms with van der Waals surface area (Å²) in [6.07, 6.45) is 0.987. The van der Waals surface area contributed by atoms with Crippen LogP contribution < -0.4 is 5.32 Å². The maximum absolute atomic E-state index is 12.0. The lowest BCUT2D eigenvalue weighted by Gasteiger charge is -2.21. The summed E-state index contributed by atoms with van der Waals surface area (Å²) in [6, 6.07) is 4.21. The number of amides is 2. The molecule has 0 saturated carbocycles. The number of rotatable bonds is 3. The molecule has 8 nitrogen and oxygen atoms in total. The van der Waals surface area contributed by atoms with Gasteiger partial charge in [-0.2, -0.15) is 0 Å². The molecule has 0 aliphatic carbocycles. The number of carboxylic acid groups (broad SMARTS) is 1. The topological polar surface area (TPSA) is 113 Å². The first kappa shape index (κ1) is 13.8. The van der Waals surface area contributed by atoms with Gasteiger partial charge in [-0.1, -0.05) is 12.1 Å². The molecule has 2 rings (SSSR count). The molecular formula is C12H13N3O5. The van der Waals surface area contributed by atoms with Gasteiger partial charge in [-0.15, -0.1) is 0 Å². The van der Waals surface area contributed by atoms with E-state index in [0.717, 1.165) is 0 Å². The number of likely N-dealkylation sites (tertiary alicyclic amines) is 1. The SMILES string of the molecule is O=C(O)[C@@H]1CCCN1C(=O)Nc1ccccc1[N+](=O)[O-]. The van der Waals surface area contributed by atoms with Crippen molar-refractivity contribution in [1.82, 2.24) is 4.90 Å². The van der Waals surface area contributed by atoms with Crippen molar-refractivity contribution >= 4 is 23.4 Å². The molecule has 106 valence electrons. The Bertz CT molecular complexity index is 560. The van der Waals surface area contributed by atoms with Crippen LogP contribution in [0.5, 0.6) is 0 Å². The van der Waals surface area contributed by atoms with Gasteiger partial charge in [0, 0.05) is 12.6 Å². The third-order valence-electron chi connectivity index (χ3n) is 3.14. The molecule has 1 atom stereocenters. The van der Waals surface area contributed by atoms with Crippen molar-refractivity contribution in [2.24, 2.45) is 0 Å². The lowest BCUT2D eigenvalue weighted by molar-refractivity contribution is -0.383. The number of nitro groups is 1. The number of nitrogens with one attached hydrogen (secondary N) is 1. The van der Waals surface area contributed by atoms with E-state index in [0.29, 0.717) is 19.4 Å². The van der Waals surface area contributed by atoms with Gasteiger partial charge in [-0.25, -0.2) is 9.59 Å². The number of carbonyl (C=O) groups excluding carboxylic acids is 1. The summed E-state index contributed by atoms with van der Waals surface area (Å²) in [5.41, 5.74) is -0.175. The quantitative estimate of drug-likeness (QED) is 0.645. The van der Waals surface area contributed by atoms with Crippen LogP contribution in [0.15, 0.2) is 24.3 Å². The Morgan fingerprint density at radius 2 is 2.10 bits per heavy atom. The first-order valence-electron chi connectivity index (χ1n) is 6.04. The largest absolute Gasteiger partial charge is 0.480 e. The maximum Gasteiger partial charge on any atom is 0.326 e. The summed E-state index contributed by atoms with van der Waals surface area (Å²) < 4.78 is 0. The van der Waals surface area contributed by atoms with Crippen LogP contribution in [0, 0.1) is 10.1 Å². The van der Waals surface area contributed by atoms with Crippen LogP contribution in [0.25, 0.3) is 0 Å². The van der Waals surface area contributed by atoms with Gasteiger partial charge in [-0.3, -0.25) is 10.1 Å². The number of carboxylic acids is 1. The standard InChI is InChI=1S/C12H13N3O5/c16-11(17)10-6-3-7-14(10)12(18)13-8-4-1-2-5-9(8)15(19)20/h1-2,4-5,10H,3,6-7H2,(H,13,18)(H,16,17)/t10-/m0/s1. The minimum absolute atomic E-state index is 0.0542. The summed E-state index contributed by atoms with van der Waals surface area (Å²) in [6.45, 7) is 0.323. The number of carbonyl (C=O) groups is 2. The molecule has 20 heavy (non-hydrogen) atoms. The number of para-hydroxylation sites is 2. The Hall–Kier alpha value is -2.64. The molecule has 2 amide bonds. The van der Waals surface area contributed by atoms with Crippen LogP contribution in [0.2, 0.25) is 0 Å². The number of hydrogen-bond acceptors (Lipinski definition) is 4. The van der Waals surface area contributed by atoms with Crippen molar-refractivity contribution in [2.45, 2.75) is 18.9 Å². The Morgan fingerprint density at radius 3 is 2.75 bits per heavy atom. The highest BCUT2D eigenvalue weighted by Crippen LogP contribution is 2.25. The predicted molar refractivity (Wildman–Crippen MR) is 69.5 cm³/mol. The Labute approximate surface area is 114 Å². The third kappa shape index (κ3) is 2.68. The zero-order valence-electron chi connectivity index (χ0n) is 10.5. The molecule has 1 aliphatic heterocycles. The second kappa shape index (κ2) is 5.55. The first-order valence-corrected chi connectivity index (χ1v) is 6.04. The van der Waals surface area contributed by atoms with E-state index in [1.807, 2.05) is 0 Å². The van der Waals surface area contributed by atoms with Crippen molar-refractivity contribution in [3.63, 3.8) is 0 Å². The zero-order chi connectivity index (χ0) is 14.7. The van der Waals surface area contributed by atoms with Crippen LogP contribution in [0.4, 0.5) is 16.2 Å². The molecule has 0 unspecified atom stereocenters. The van der Waals surface area contributed by atoms with Crippen molar-refractivity contribution in [1.29, 1.82) is 0 Å². The number of nitro benzene ring substituents is 1. The number of anilines is 1. The van der Waals surface area contributed by atoms with Crippen molar-refractivity contribution in [2.75, 3.05) is 11.9 Å². The van der Waals surface area contributed by atoms with E-state index >= 15 is 0 Å². The minimum Gasteiger partial charge on any atom is -0.480 e. The molecule has 1 aromatic carbocycles. The van der Waals surface area contributed by atoms with Crippen LogP contribution in [-0.4, -0.2) is 39.5 Å². The second-order valence-electron chi connectivity index (χ2n) is 4.39. The van der Waals surface area contributed by atoms with Crippen LogP contribution >= 0.6 is 0 Å². The van der Waals surface area contributed by atoms with Gasteiger partial charge in [0.15, 0.2) is 0 Å². The molecule has 0 bridgehead atoms. The number of benzene rings is 1. The molecule has 2 N–H and O–H groups in total. The van der Waals surface area contributed by atoms with Crippen molar-refractivity contribution < 1.29 is 19.6 Å². The van der Waals surface area contributed by atoms with Crippen LogP contribution in [-0.2, 0) is 4.79 Å². The van der Waals surface area contributed by atoms with Crippen LogP contribution in [0.3, 0.4) is 0 Å². The highest BCUT2D eigenvalue weighted by atomic mass is 16.6. The number of nitrogens with zero attached hydrogens (tertiary/aromatic N) is 2. The highest BCUT2D eigenvalue weighted by molar-refractivity contribution is 5.94. The summed E-state index contributed by atoms with van der Waals surface area (Å²) in [5.74, 6) is -1.07. The van der Waals surface area contributed by atoms with Crippen molar-refractivity contribution in [3.05, 3.63) is 34.4 Å². The van der Waals surface area contributed by atoms with Gasteiger partial charge in [0.05, 0.1) is 4.92 Å². The van der Waals surface area contributed by atoms with Crippen LogP contribution in [0.1, 0.15) is 12.8 Å². The number of hydrogen-bond donors (Lipinski definition) is 2. The fraction of sp³-hybridized carbons (Fsp3) is 0.333. The van der Waals surface area contributed by atoms with E-state index in [9.17, 15) is 19.7 Å². The highest BCUT2D eigenvalue weighted by Gasteiger charge is 2.34. The van der Waals surface area contributed by atoms with E-state index in [1.54, 1.807) is 6.07 Å². The Morgan fingerprint density at radius 1 is 1.40 bits per heavy atom. The zero-order valence-corrected chi connectivity index (χ0v) is 10.5. The molecule has 1 aromatic rings. The number of aliphatic carboxylic acids is 1. The average Bonchev–Trinajstić information content (AvgIpc) is 2.88. The van der Waals surface area contributed by atoms with E-state index in [4.69, 9.17) is 5.11 Å². The molecule has 0 radical (unpaired) electrons. The van der Waals surface area contributed by atoms with E-state index < -0.39 is 23.0 Å². The Kier molecular flexibility index (Phi) is 3.83. The molecule has 1 saturated heterocycles. The summed E-state index contributed by atoms with van der Waals surface area (Å²) in [4.78, 5) is 34.5. The summed E-state index contributed by atoms with van der Waals surface area (Å²) in [5, 5.41) is 22.3. The molecule has 1 aliphatic rings. The van der Waals surface area contributed by atoms with Gasteiger partial charge in [0.2, 0.25) is 0 Å². The van der Waals surface area contributed by atoms with Gasteiger partial charge in [-0.05, 0) is 18.9 Å².